The Balaban J connectivity index is 2.09. The molecular formula is C14H21BrN2O. The van der Waals surface area contributed by atoms with Crippen molar-refractivity contribution in [2.45, 2.75) is 25.8 Å². The number of rotatable bonds is 4. The van der Waals surface area contributed by atoms with E-state index in [1.54, 1.807) is 0 Å². The first-order valence-corrected chi connectivity index (χ1v) is 7.32. The molecule has 0 aliphatic carbocycles. The van der Waals surface area contributed by atoms with Crippen LogP contribution in [0.25, 0.3) is 0 Å². The molecular weight excluding hydrogens is 292 g/mol. The second kappa shape index (κ2) is 6.04. The summed E-state index contributed by atoms with van der Waals surface area (Å²) in [5, 5.41) is 8.99. The fourth-order valence-corrected chi connectivity index (χ4v) is 3.30. The van der Waals surface area contributed by atoms with Crippen molar-refractivity contribution in [3.63, 3.8) is 0 Å². The Hall–Kier alpha value is -0.580. The number of aliphatic hydroxyl groups is 1. The van der Waals surface area contributed by atoms with E-state index >= 15 is 0 Å². The van der Waals surface area contributed by atoms with Crippen LogP contribution < -0.4 is 10.6 Å². The number of halogens is 1. The van der Waals surface area contributed by atoms with Gasteiger partial charge in [-0.15, -0.1) is 0 Å². The van der Waals surface area contributed by atoms with Crippen LogP contribution in [0.2, 0.25) is 0 Å². The molecule has 18 heavy (non-hydrogen) atoms. The first-order valence-electron chi connectivity index (χ1n) is 6.52. The highest BCUT2D eigenvalue weighted by Crippen LogP contribution is 2.31. The maximum absolute atomic E-state index is 8.99. The smallest absolute Gasteiger partial charge is 0.0434 e. The van der Waals surface area contributed by atoms with Gasteiger partial charge >= 0.3 is 0 Å². The van der Waals surface area contributed by atoms with Crippen LogP contribution in [-0.2, 0) is 0 Å². The second-order valence-corrected chi connectivity index (χ2v) is 5.96. The van der Waals surface area contributed by atoms with E-state index in [1.165, 1.54) is 12.1 Å². The highest BCUT2D eigenvalue weighted by Gasteiger charge is 2.22. The average molecular weight is 313 g/mol. The van der Waals surface area contributed by atoms with Gasteiger partial charge in [-0.1, -0.05) is 22.0 Å². The number of benzene rings is 1. The molecule has 1 fully saturated rings. The van der Waals surface area contributed by atoms with Crippen molar-refractivity contribution in [2.24, 2.45) is 11.7 Å². The van der Waals surface area contributed by atoms with Crippen molar-refractivity contribution in [1.82, 2.24) is 0 Å². The van der Waals surface area contributed by atoms with Crippen molar-refractivity contribution in [1.29, 1.82) is 0 Å². The van der Waals surface area contributed by atoms with Gasteiger partial charge in [-0.2, -0.15) is 0 Å². The molecule has 2 atom stereocenters. The highest BCUT2D eigenvalue weighted by molar-refractivity contribution is 9.10. The van der Waals surface area contributed by atoms with Crippen molar-refractivity contribution in [2.75, 3.05) is 24.6 Å². The molecule has 1 saturated heterocycles. The molecule has 2 unspecified atom stereocenters. The summed E-state index contributed by atoms with van der Waals surface area (Å²) in [7, 11) is 0. The number of hydrogen-bond acceptors (Lipinski definition) is 3. The average Bonchev–Trinajstić information content (AvgIpc) is 2.77. The first kappa shape index (κ1) is 13.8. The lowest BCUT2D eigenvalue weighted by atomic mass is 10.1. The number of nitrogens with two attached hydrogens (primary N) is 1. The molecule has 100 valence electrons. The number of anilines is 1. The zero-order valence-electron chi connectivity index (χ0n) is 10.8. The predicted octanol–water partition coefficient (Wildman–Crippen LogP) is 2.68. The molecule has 1 aliphatic rings. The van der Waals surface area contributed by atoms with Gasteiger partial charge in [-0.3, -0.25) is 0 Å². The predicted molar refractivity (Wildman–Crippen MR) is 78.8 cm³/mol. The maximum atomic E-state index is 8.99. The van der Waals surface area contributed by atoms with Crippen LogP contribution in [0.5, 0.6) is 0 Å². The summed E-state index contributed by atoms with van der Waals surface area (Å²) >= 11 is 3.59. The lowest BCUT2D eigenvalue weighted by molar-refractivity contribution is 0.263. The molecule has 0 radical (unpaired) electrons. The van der Waals surface area contributed by atoms with Crippen LogP contribution in [0.3, 0.4) is 0 Å². The van der Waals surface area contributed by atoms with E-state index in [2.05, 4.69) is 39.0 Å². The van der Waals surface area contributed by atoms with Gasteiger partial charge in [0.2, 0.25) is 0 Å². The lowest BCUT2D eigenvalue weighted by Crippen LogP contribution is -2.20. The van der Waals surface area contributed by atoms with Crippen LogP contribution in [-0.4, -0.2) is 24.8 Å². The highest BCUT2D eigenvalue weighted by atomic mass is 79.9. The van der Waals surface area contributed by atoms with Crippen molar-refractivity contribution in [3.8, 4) is 0 Å². The zero-order chi connectivity index (χ0) is 13.1. The summed E-state index contributed by atoms with van der Waals surface area (Å²) in [6.45, 7) is 4.41. The minimum absolute atomic E-state index is 0.0501. The van der Waals surface area contributed by atoms with Crippen molar-refractivity contribution in [3.05, 3.63) is 28.2 Å². The Kier molecular flexibility index (Phi) is 4.65. The molecule has 2 rings (SSSR count). The quantitative estimate of drug-likeness (QED) is 0.898. The Labute approximate surface area is 117 Å². The zero-order valence-corrected chi connectivity index (χ0v) is 12.4. The van der Waals surface area contributed by atoms with Crippen LogP contribution in [0.4, 0.5) is 5.69 Å². The minimum atomic E-state index is 0.0501. The molecule has 1 heterocycles. The normalized spacial score (nSPS) is 21.3. The molecule has 0 aromatic heterocycles. The Morgan fingerprint density at radius 1 is 1.56 bits per heavy atom. The van der Waals surface area contributed by atoms with Crippen LogP contribution in [0.15, 0.2) is 22.7 Å². The Morgan fingerprint density at radius 3 is 2.94 bits per heavy atom. The van der Waals surface area contributed by atoms with Gasteiger partial charge < -0.3 is 15.7 Å². The molecule has 0 amide bonds. The van der Waals surface area contributed by atoms with Gasteiger partial charge in [0.1, 0.15) is 0 Å². The molecule has 0 bridgehead atoms. The molecule has 3 N–H and O–H groups in total. The molecule has 1 aliphatic heterocycles. The van der Waals surface area contributed by atoms with E-state index in [4.69, 9.17) is 10.8 Å². The monoisotopic (exact) mass is 312 g/mol. The van der Waals surface area contributed by atoms with Gasteiger partial charge in [0.25, 0.3) is 0 Å². The number of hydrogen-bond donors (Lipinski definition) is 2. The largest absolute Gasteiger partial charge is 0.396 e. The molecule has 4 heteroatoms. The third kappa shape index (κ3) is 3.05. The van der Waals surface area contributed by atoms with E-state index in [0.29, 0.717) is 12.5 Å². The summed E-state index contributed by atoms with van der Waals surface area (Å²) in [5.74, 6) is 0.627. The van der Waals surface area contributed by atoms with E-state index in [0.717, 1.165) is 29.5 Å². The summed E-state index contributed by atoms with van der Waals surface area (Å²) in [5.41, 5.74) is 8.29. The van der Waals surface area contributed by atoms with Gasteiger partial charge in [-0.25, -0.2) is 0 Å². The second-order valence-electron chi connectivity index (χ2n) is 5.11. The Bertz CT molecular complexity index is 409. The molecule has 1 aromatic rings. The van der Waals surface area contributed by atoms with Crippen LogP contribution >= 0.6 is 15.9 Å². The van der Waals surface area contributed by atoms with E-state index in [9.17, 15) is 0 Å². The number of aliphatic hydroxyl groups excluding tert-OH is 1. The summed E-state index contributed by atoms with van der Waals surface area (Å²) < 4.78 is 1.08. The van der Waals surface area contributed by atoms with Gasteiger partial charge in [0, 0.05) is 35.9 Å². The minimum Gasteiger partial charge on any atom is -0.396 e. The van der Waals surface area contributed by atoms with E-state index in [1.807, 2.05) is 6.92 Å². The SMILES string of the molecule is CC(N)c1ccc(N2CCC(CCO)C2)cc1Br. The Morgan fingerprint density at radius 2 is 2.33 bits per heavy atom. The first-order chi connectivity index (χ1) is 8.61. The fraction of sp³-hybridized carbons (Fsp3) is 0.571. The topological polar surface area (TPSA) is 49.5 Å². The summed E-state index contributed by atoms with van der Waals surface area (Å²) in [6.07, 6.45) is 2.09. The molecule has 3 nitrogen and oxygen atoms in total. The van der Waals surface area contributed by atoms with Gasteiger partial charge in [0.15, 0.2) is 0 Å². The maximum Gasteiger partial charge on any atom is 0.0434 e. The van der Waals surface area contributed by atoms with Gasteiger partial charge in [0.05, 0.1) is 0 Å². The standard InChI is InChI=1S/C14H21BrN2O/c1-10(16)13-3-2-12(8-14(13)15)17-6-4-11(9-17)5-7-18/h2-3,8,10-11,18H,4-7,9,16H2,1H3. The van der Waals surface area contributed by atoms with E-state index in [-0.39, 0.29) is 6.04 Å². The molecule has 0 saturated carbocycles. The van der Waals surface area contributed by atoms with Crippen molar-refractivity contribution < 1.29 is 5.11 Å². The third-order valence-corrected chi connectivity index (χ3v) is 4.35. The van der Waals surface area contributed by atoms with E-state index < -0.39 is 0 Å². The summed E-state index contributed by atoms with van der Waals surface area (Å²) in [4.78, 5) is 2.38. The van der Waals surface area contributed by atoms with Gasteiger partial charge in [-0.05, 0) is 43.4 Å². The third-order valence-electron chi connectivity index (χ3n) is 3.66. The lowest BCUT2D eigenvalue weighted by Gasteiger charge is -2.20. The fourth-order valence-electron chi connectivity index (χ4n) is 2.57. The summed E-state index contributed by atoms with van der Waals surface area (Å²) in [6, 6.07) is 6.45. The van der Waals surface area contributed by atoms with Crippen molar-refractivity contribution >= 4 is 21.6 Å². The van der Waals surface area contributed by atoms with Crippen LogP contribution in [0, 0.1) is 5.92 Å². The van der Waals surface area contributed by atoms with Crippen LogP contribution in [0.1, 0.15) is 31.4 Å². The molecule has 1 aromatic carbocycles. The molecule has 0 spiro atoms. The number of nitrogens with zero attached hydrogens (tertiary/aromatic N) is 1.